The van der Waals surface area contributed by atoms with Gasteiger partial charge in [0.2, 0.25) is 0 Å². The molecule has 1 aromatic heterocycles. The number of rotatable bonds is 5. The van der Waals surface area contributed by atoms with Crippen LogP contribution in [0.4, 0.5) is 8.78 Å². The monoisotopic (exact) mass is 276 g/mol. The van der Waals surface area contributed by atoms with Crippen molar-refractivity contribution in [3.8, 4) is 0 Å². The second-order valence-corrected chi connectivity index (χ2v) is 4.79. The van der Waals surface area contributed by atoms with E-state index < -0.39 is 11.6 Å². The summed E-state index contributed by atoms with van der Waals surface area (Å²) in [6.45, 7) is 4.77. The topological polar surface area (TPSA) is 24.9 Å². The Bertz CT molecular complexity index is 584. The fraction of sp³-hybridized carbons (Fsp3) is 0.312. The van der Waals surface area contributed by atoms with E-state index in [1.54, 1.807) is 12.3 Å². The first-order chi connectivity index (χ1) is 9.61. The molecule has 1 heterocycles. The summed E-state index contributed by atoms with van der Waals surface area (Å²) in [7, 11) is 0. The van der Waals surface area contributed by atoms with Crippen LogP contribution in [-0.2, 0) is 0 Å². The molecular weight excluding hydrogens is 258 g/mol. The Hall–Kier alpha value is -1.81. The third-order valence-corrected chi connectivity index (χ3v) is 3.13. The largest absolute Gasteiger partial charge is 0.306 e. The van der Waals surface area contributed by atoms with Crippen molar-refractivity contribution in [3.05, 3.63) is 65.0 Å². The van der Waals surface area contributed by atoms with Crippen LogP contribution in [0, 0.1) is 18.6 Å². The zero-order chi connectivity index (χ0) is 14.5. The Balaban J connectivity index is 2.38. The molecule has 1 unspecified atom stereocenters. The van der Waals surface area contributed by atoms with Gasteiger partial charge in [0.25, 0.3) is 0 Å². The van der Waals surface area contributed by atoms with Gasteiger partial charge < -0.3 is 5.32 Å². The van der Waals surface area contributed by atoms with Crippen molar-refractivity contribution >= 4 is 0 Å². The van der Waals surface area contributed by atoms with Crippen molar-refractivity contribution in [2.75, 3.05) is 6.54 Å². The van der Waals surface area contributed by atoms with Crippen LogP contribution in [0.25, 0.3) is 0 Å². The molecule has 1 N–H and O–H groups in total. The molecule has 2 rings (SSSR count). The van der Waals surface area contributed by atoms with Gasteiger partial charge in [-0.05, 0) is 55.3 Å². The highest BCUT2D eigenvalue weighted by molar-refractivity contribution is 5.32. The normalized spacial score (nSPS) is 12.4. The van der Waals surface area contributed by atoms with Gasteiger partial charge >= 0.3 is 0 Å². The third kappa shape index (κ3) is 3.39. The van der Waals surface area contributed by atoms with Crippen molar-refractivity contribution in [1.82, 2.24) is 10.3 Å². The van der Waals surface area contributed by atoms with Gasteiger partial charge in [-0.2, -0.15) is 0 Å². The quantitative estimate of drug-likeness (QED) is 0.899. The molecular formula is C16H18F2N2. The van der Waals surface area contributed by atoms with Crippen LogP contribution in [0.1, 0.15) is 36.2 Å². The van der Waals surface area contributed by atoms with Crippen LogP contribution < -0.4 is 5.32 Å². The number of hydrogen-bond acceptors (Lipinski definition) is 2. The highest BCUT2D eigenvalue weighted by atomic mass is 19.2. The average molecular weight is 276 g/mol. The Morgan fingerprint density at radius 3 is 2.50 bits per heavy atom. The second-order valence-electron chi connectivity index (χ2n) is 4.79. The van der Waals surface area contributed by atoms with Gasteiger partial charge in [0, 0.05) is 11.9 Å². The first-order valence-corrected chi connectivity index (χ1v) is 6.72. The Labute approximate surface area is 117 Å². The zero-order valence-electron chi connectivity index (χ0n) is 11.7. The smallest absolute Gasteiger partial charge is 0.159 e. The van der Waals surface area contributed by atoms with Crippen LogP contribution in [0.15, 0.2) is 36.5 Å². The molecule has 0 amide bonds. The van der Waals surface area contributed by atoms with E-state index in [1.807, 2.05) is 19.1 Å². The Morgan fingerprint density at radius 1 is 1.10 bits per heavy atom. The van der Waals surface area contributed by atoms with Crippen molar-refractivity contribution in [3.63, 3.8) is 0 Å². The van der Waals surface area contributed by atoms with Gasteiger partial charge in [0.15, 0.2) is 11.6 Å². The average Bonchev–Trinajstić information content (AvgIpc) is 2.43. The summed E-state index contributed by atoms with van der Waals surface area (Å²) in [5, 5.41) is 3.36. The van der Waals surface area contributed by atoms with E-state index >= 15 is 0 Å². The second kappa shape index (κ2) is 6.57. The van der Waals surface area contributed by atoms with E-state index in [9.17, 15) is 8.78 Å². The van der Waals surface area contributed by atoms with Crippen molar-refractivity contribution in [1.29, 1.82) is 0 Å². The van der Waals surface area contributed by atoms with E-state index in [-0.39, 0.29) is 6.04 Å². The molecule has 0 fully saturated rings. The molecule has 0 bridgehead atoms. The lowest BCUT2D eigenvalue weighted by Gasteiger charge is -2.20. The molecule has 106 valence electrons. The maximum atomic E-state index is 13.4. The fourth-order valence-corrected chi connectivity index (χ4v) is 2.16. The molecule has 2 nitrogen and oxygen atoms in total. The summed E-state index contributed by atoms with van der Waals surface area (Å²) < 4.78 is 26.5. The highest BCUT2D eigenvalue weighted by Crippen LogP contribution is 2.23. The SMILES string of the molecule is CCCNC(c1ccnc(C)c1)c1ccc(F)c(F)c1. The van der Waals surface area contributed by atoms with Gasteiger partial charge in [0.1, 0.15) is 0 Å². The minimum atomic E-state index is -0.825. The van der Waals surface area contributed by atoms with Crippen molar-refractivity contribution in [2.24, 2.45) is 0 Å². The van der Waals surface area contributed by atoms with Crippen LogP contribution in [0.3, 0.4) is 0 Å². The van der Waals surface area contributed by atoms with Gasteiger partial charge in [-0.25, -0.2) is 8.78 Å². The number of aromatic nitrogens is 1. The van der Waals surface area contributed by atoms with Crippen LogP contribution in [0.2, 0.25) is 0 Å². The molecule has 1 atom stereocenters. The Morgan fingerprint density at radius 2 is 1.85 bits per heavy atom. The number of halogens is 2. The standard InChI is InChI=1S/C16H18F2N2/c1-3-7-20-16(13-6-8-19-11(2)9-13)12-4-5-14(17)15(18)10-12/h4-6,8-10,16,20H,3,7H2,1-2H3. The lowest BCUT2D eigenvalue weighted by Crippen LogP contribution is -2.23. The summed E-state index contributed by atoms with van der Waals surface area (Å²) in [4.78, 5) is 4.17. The highest BCUT2D eigenvalue weighted by Gasteiger charge is 2.15. The lowest BCUT2D eigenvalue weighted by molar-refractivity contribution is 0.503. The lowest BCUT2D eigenvalue weighted by atomic mass is 9.98. The first-order valence-electron chi connectivity index (χ1n) is 6.72. The minimum absolute atomic E-state index is 0.160. The molecule has 0 aliphatic heterocycles. The van der Waals surface area contributed by atoms with Crippen LogP contribution in [-0.4, -0.2) is 11.5 Å². The molecule has 0 aliphatic carbocycles. The number of aryl methyl sites for hydroxylation is 1. The molecule has 0 radical (unpaired) electrons. The number of pyridine rings is 1. The van der Waals surface area contributed by atoms with Gasteiger partial charge in [-0.1, -0.05) is 13.0 Å². The van der Waals surface area contributed by atoms with E-state index in [0.717, 1.165) is 24.2 Å². The molecule has 0 spiro atoms. The van der Waals surface area contributed by atoms with Gasteiger partial charge in [-0.3, -0.25) is 4.98 Å². The summed E-state index contributed by atoms with van der Waals surface area (Å²) in [5.41, 5.74) is 2.60. The summed E-state index contributed by atoms with van der Waals surface area (Å²) in [6, 6.07) is 7.71. The number of hydrogen-bond donors (Lipinski definition) is 1. The predicted octanol–water partition coefficient (Wildman–Crippen LogP) is 3.76. The van der Waals surface area contributed by atoms with E-state index in [2.05, 4.69) is 17.2 Å². The number of nitrogens with one attached hydrogen (secondary N) is 1. The van der Waals surface area contributed by atoms with E-state index in [4.69, 9.17) is 0 Å². The van der Waals surface area contributed by atoms with E-state index in [0.29, 0.717) is 5.56 Å². The van der Waals surface area contributed by atoms with Crippen molar-refractivity contribution in [2.45, 2.75) is 26.3 Å². The maximum absolute atomic E-state index is 13.4. The number of benzene rings is 1. The molecule has 20 heavy (non-hydrogen) atoms. The summed E-state index contributed by atoms with van der Waals surface area (Å²) >= 11 is 0. The molecule has 2 aromatic rings. The predicted molar refractivity (Wildman–Crippen MR) is 75.5 cm³/mol. The molecule has 0 saturated heterocycles. The molecule has 4 heteroatoms. The molecule has 0 saturated carbocycles. The van der Waals surface area contributed by atoms with Crippen LogP contribution >= 0.6 is 0 Å². The van der Waals surface area contributed by atoms with Gasteiger partial charge in [0.05, 0.1) is 6.04 Å². The van der Waals surface area contributed by atoms with E-state index in [1.165, 1.54) is 12.1 Å². The molecule has 1 aromatic carbocycles. The summed E-state index contributed by atoms with van der Waals surface area (Å²) in [6.07, 6.45) is 2.69. The third-order valence-electron chi connectivity index (χ3n) is 3.13. The first kappa shape index (κ1) is 14.6. The number of nitrogens with zero attached hydrogens (tertiary/aromatic N) is 1. The fourth-order valence-electron chi connectivity index (χ4n) is 2.16. The zero-order valence-corrected chi connectivity index (χ0v) is 11.7. The van der Waals surface area contributed by atoms with Crippen molar-refractivity contribution < 1.29 is 8.78 Å². The molecule has 0 aliphatic rings. The maximum Gasteiger partial charge on any atom is 0.159 e. The minimum Gasteiger partial charge on any atom is -0.306 e. The Kier molecular flexibility index (Phi) is 4.79. The summed E-state index contributed by atoms with van der Waals surface area (Å²) in [5.74, 6) is -1.65. The van der Waals surface area contributed by atoms with Crippen LogP contribution in [0.5, 0.6) is 0 Å². The van der Waals surface area contributed by atoms with Gasteiger partial charge in [-0.15, -0.1) is 0 Å².